The highest BCUT2D eigenvalue weighted by molar-refractivity contribution is 6.88. The SMILES string of the molecule is COc1ccc(C(NC(=O)C(CN)CC=O)C(=O)Nc2ccc([Si](C)(C)C)cc2)cc1. The average Bonchev–Trinajstić information content (AvgIpc) is 2.75. The maximum Gasteiger partial charge on any atom is 0.251 e. The zero-order valence-corrected chi connectivity index (χ0v) is 19.5. The largest absolute Gasteiger partial charge is 0.497 e. The number of nitrogens with two attached hydrogens (primary N) is 1. The standard InChI is InChI=1S/C23H31N3O4Si/c1-30-19-9-5-16(6-10-19)21(26-22(28)17(15-24)13-14-27)23(29)25-18-7-11-20(12-8-18)31(2,3)4/h5-12,14,17,21H,13,15,24H2,1-4H3,(H,25,29)(H,26,28). The molecule has 0 spiro atoms. The first kappa shape index (κ1) is 24.3. The first-order valence-electron chi connectivity index (χ1n) is 10.2. The first-order chi connectivity index (χ1) is 14.7. The Kier molecular flexibility index (Phi) is 8.53. The van der Waals surface area contributed by atoms with E-state index in [-0.39, 0.29) is 18.9 Å². The van der Waals surface area contributed by atoms with Gasteiger partial charge in [-0.25, -0.2) is 0 Å². The fourth-order valence-corrected chi connectivity index (χ4v) is 4.22. The number of rotatable bonds is 10. The fraction of sp³-hybridized carbons (Fsp3) is 0.348. The molecule has 0 bridgehead atoms. The summed E-state index contributed by atoms with van der Waals surface area (Å²) < 4.78 is 5.17. The van der Waals surface area contributed by atoms with Crippen molar-refractivity contribution in [2.24, 2.45) is 11.7 Å². The van der Waals surface area contributed by atoms with E-state index in [1.165, 1.54) is 5.19 Å². The van der Waals surface area contributed by atoms with E-state index in [2.05, 4.69) is 30.3 Å². The lowest BCUT2D eigenvalue weighted by Crippen LogP contribution is -2.42. The summed E-state index contributed by atoms with van der Waals surface area (Å²) >= 11 is 0. The highest BCUT2D eigenvalue weighted by Crippen LogP contribution is 2.21. The first-order valence-corrected chi connectivity index (χ1v) is 13.7. The predicted octanol–water partition coefficient (Wildman–Crippen LogP) is 2.20. The molecule has 0 saturated carbocycles. The highest BCUT2D eigenvalue weighted by atomic mass is 28.3. The molecule has 2 rings (SSSR count). The van der Waals surface area contributed by atoms with Crippen LogP contribution in [0.15, 0.2) is 48.5 Å². The predicted molar refractivity (Wildman–Crippen MR) is 125 cm³/mol. The molecule has 0 aliphatic heterocycles. The summed E-state index contributed by atoms with van der Waals surface area (Å²) in [4.78, 5) is 36.6. The van der Waals surface area contributed by atoms with Crippen molar-refractivity contribution in [2.75, 3.05) is 19.0 Å². The van der Waals surface area contributed by atoms with Crippen LogP contribution in [0.1, 0.15) is 18.0 Å². The van der Waals surface area contributed by atoms with Crippen LogP contribution in [0.4, 0.5) is 5.69 Å². The van der Waals surface area contributed by atoms with Gasteiger partial charge in [-0.1, -0.05) is 49.1 Å². The molecule has 0 radical (unpaired) electrons. The third-order valence-electron chi connectivity index (χ3n) is 5.05. The van der Waals surface area contributed by atoms with E-state index < -0.39 is 25.9 Å². The van der Waals surface area contributed by atoms with Crippen LogP contribution in [0.2, 0.25) is 19.6 Å². The molecule has 7 nitrogen and oxygen atoms in total. The lowest BCUT2D eigenvalue weighted by atomic mass is 10.0. The van der Waals surface area contributed by atoms with Crippen LogP contribution in [0.5, 0.6) is 5.75 Å². The molecule has 2 atom stereocenters. The Morgan fingerprint density at radius 2 is 1.65 bits per heavy atom. The van der Waals surface area contributed by atoms with Gasteiger partial charge in [-0.15, -0.1) is 0 Å². The van der Waals surface area contributed by atoms with Gasteiger partial charge in [0.2, 0.25) is 5.91 Å². The maximum absolute atomic E-state index is 13.1. The van der Waals surface area contributed by atoms with Crippen LogP contribution in [0.3, 0.4) is 0 Å². The van der Waals surface area contributed by atoms with E-state index in [0.717, 1.165) is 0 Å². The van der Waals surface area contributed by atoms with Crippen LogP contribution in [0, 0.1) is 5.92 Å². The molecular formula is C23H31N3O4Si. The summed E-state index contributed by atoms with van der Waals surface area (Å²) in [5.41, 5.74) is 6.86. The number of anilines is 1. The van der Waals surface area contributed by atoms with Crippen molar-refractivity contribution < 1.29 is 19.1 Å². The van der Waals surface area contributed by atoms with Gasteiger partial charge in [-0.05, 0) is 29.8 Å². The lowest BCUT2D eigenvalue weighted by molar-refractivity contribution is -0.130. The van der Waals surface area contributed by atoms with Crippen molar-refractivity contribution in [1.82, 2.24) is 5.32 Å². The Labute approximate surface area is 184 Å². The van der Waals surface area contributed by atoms with Gasteiger partial charge in [0.15, 0.2) is 0 Å². The van der Waals surface area contributed by atoms with Gasteiger partial charge in [-0.3, -0.25) is 9.59 Å². The number of hydrogen-bond acceptors (Lipinski definition) is 5. The van der Waals surface area contributed by atoms with Crippen molar-refractivity contribution in [3.8, 4) is 5.75 Å². The monoisotopic (exact) mass is 441 g/mol. The zero-order valence-electron chi connectivity index (χ0n) is 18.5. The van der Waals surface area contributed by atoms with E-state index in [1.54, 1.807) is 31.4 Å². The highest BCUT2D eigenvalue weighted by Gasteiger charge is 2.26. The van der Waals surface area contributed by atoms with E-state index >= 15 is 0 Å². The van der Waals surface area contributed by atoms with E-state index in [1.807, 2.05) is 24.3 Å². The zero-order chi connectivity index (χ0) is 23.0. The van der Waals surface area contributed by atoms with Gasteiger partial charge in [0.25, 0.3) is 5.91 Å². The fourth-order valence-electron chi connectivity index (χ4n) is 3.05. The number of carbonyl (C=O) groups is 3. The number of benzene rings is 2. The quantitative estimate of drug-likeness (QED) is 0.387. The molecule has 8 heteroatoms. The Hall–Kier alpha value is -2.97. The number of carbonyl (C=O) groups excluding carboxylic acids is 3. The number of methoxy groups -OCH3 is 1. The van der Waals surface area contributed by atoms with E-state index in [9.17, 15) is 14.4 Å². The molecule has 0 heterocycles. The Morgan fingerprint density at radius 3 is 2.13 bits per heavy atom. The van der Waals surface area contributed by atoms with Crippen molar-refractivity contribution in [2.45, 2.75) is 32.1 Å². The summed E-state index contributed by atoms with van der Waals surface area (Å²) in [5.74, 6) is -0.889. The number of aldehydes is 1. The Bertz CT molecular complexity index is 893. The summed E-state index contributed by atoms with van der Waals surface area (Å²) in [6, 6.07) is 13.7. The second kappa shape index (κ2) is 10.9. The molecule has 0 aliphatic carbocycles. The van der Waals surface area contributed by atoms with Crippen LogP contribution in [-0.4, -0.2) is 39.8 Å². The topological polar surface area (TPSA) is 111 Å². The van der Waals surface area contributed by atoms with Crippen LogP contribution in [0.25, 0.3) is 0 Å². The van der Waals surface area contributed by atoms with Crippen LogP contribution < -0.4 is 26.3 Å². The minimum atomic E-state index is -1.45. The summed E-state index contributed by atoms with van der Waals surface area (Å²) in [5, 5.41) is 6.89. The Morgan fingerprint density at radius 1 is 1.03 bits per heavy atom. The van der Waals surface area contributed by atoms with Gasteiger partial charge < -0.3 is 25.9 Å². The van der Waals surface area contributed by atoms with E-state index in [4.69, 9.17) is 10.5 Å². The molecule has 0 aliphatic rings. The number of nitrogens with one attached hydrogen (secondary N) is 2. The summed E-state index contributed by atoms with van der Waals surface area (Å²) in [6.07, 6.45) is 0.650. The molecule has 0 aromatic heterocycles. The molecule has 4 N–H and O–H groups in total. The molecule has 0 fully saturated rings. The van der Waals surface area contributed by atoms with Crippen molar-refractivity contribution in [3.05, 3.63) is 54.1 Å². The number of ether oxygens (including phenoxy) is 1. The smallest absolute Gasteiger partial charge is 0.251 e. The molecular weight excluding hydrogens is 410 g/mol. The molecule has 2 aromatic rings. The summed E-state index contributed by atoms with van der Waals surface area (Å²) in [6.45, 7) is 6.77. The number of hydrogen-bond donors (Lipinski definition) is 3. The molecule has 2 aromatic carbocycles. The lowest BCUT2D eigenvalue weighted by Gasteiger charge is -2.22. The van der Waals surface area contributed by atoms with Crippen LogP contribution in [-0.2, 0) is 14.4 Å². The van der Waals surface area contributed by atoms with Gasteiger partial charge >= 0.3 is 0 Å². The van der Waals surface area contributed by atoms with Gasteiger partial charge in [0.1, 0.15) is 18.1 Å². The van der Waals surface area contributed by atoms with Crippen molar-refractivity contribution in [3.63, 3.8) is 0 Å². The molecule has 2 amide bonds. The molecule has 166 valence electrons. The molecule has 2 unspecified atom stereocenters. The second-order valence-corrected chi connectivity index (χ2v) is 13.4. The van der Waals surface area contributed by atoms with Crippen LogP contribution >= 0.6 is 0 Å². The summed E-state index contributed by atoms with van der Waals surface area (Å²) in [7, 11) is 0.104. The maximum atomic E-state index is 13.1. The number of amides is 2. The van der Waals surface area contributed by atoms with Gasteiger partial charge in [0.05, 0.1) is 21.1 Å². The Balaban J connectivity index is 2.26. The van der Waals surface area contributed by atoms with Crippen molar-refractivity contribution >= 4 is 37.0 Å². The van der Waals surface area contributed by atoms with Gasteiger partial charge in [-0.2, -0.15) is 0 Å². The minimum absolute atomic E-state index is 0.00254. The minimum Gasteiger partial charge on any atom is -0.497 e. The molecule has 31 heavy (non-hydrogen) atoms. The third-order valence-corrected chi connectivity index (χ3v) is 7.12. The average molecular weight is 442 g/mol. The third kappa shape index (κ3) is 6.76. The second-order valence-electron chi connectivity index (χ2n) is 8.37. The molecule has 0 saturated heterocycles. The van der Waals surface area contributed by atoms with Gasteiger partial charge in [0, 0.05) is 18.7 Å². The van der Waals surface area contributed by atoms with Crippen molar-refractivity contribution in [1.29, 1.82) is 0 Å². The normalized spacial score (nSPS) is 13.1. The van der Waals surface area contributed by atoms with E-state index in [0.29, 0.717) is 23.3 Å².